The Balaban J connectivity index is 2.12. The van der Waals surface area contributed by atoms with Crippen LogP contribution in [-0.2, 0) is 0 Å². The molecule has 1 fully saturated rings. The minimum atomic E-state index is 0.454. The molecule has 0 bridgehead atoms. The first kappa shape index (κ1) is 8.75. The molecule has 1 aliphatic heterocycles. The monoisotopic (exact) mass is 154 g/mol. The SMILES string of the molecule is C=CCCN1CCC(N)CC1. The predicted molar refractivity (Wildman–Crippen MR) is 48.5 cm³/mol. The summed E-state index contributed by atoms with van der Waals surface area (Å²) >= 11 is 0. The van der Waals surface area contributed by atoms with Crippen molar-refractivity contribution in [3.8, 4) is 0 Å². The summed E-state index contributed by atoms with van der Waals surface area (Å²) in [6.07, 6.45) is 5.41. The maximum atomic E-state index is 5.78. The van der Waals surface area contributed by atoms with Gasteiger partial charge >= 0.3 is 0 Å². The van der Waals surface area contributed by atoms with Crippen LogP contribution >= 0.6 is 0 Å². The summed E-state index contributed by atoms with van der Waals surface area (Å²) in [6, 6.07) is 0.454. The number of rotatable bonds is 3. The number of likely N-dealkylation sites (tertiary alicyclic amines) is 1. The van der Waals surface area contributed by atoms with Gasteiger partial charge in [-0.2, -0.15) is 0 Å². The number of nitrogens with two attached hydrogens (primary N) is 1. The van der Waals surface area contributed by atoms with E-state index in [1.165, 1.54) is 13.1 Å². The highest BCUT2D eigenvalue weighted by molar-refractivity contribution is 4.76. The number of hydrogen-bond acceptors (Lipinski definition) is 2. The van der Waals surface area contributed by atoms with Gasteiger partial charge in [0.1, 0.15) is 0 Å². The standard InChI is InChI=1S/C9H18N2/c1-2-3-6-11-7-4-9(10)5-8-11/h2,9H,1,3-8,10H2. The van der Waals surface area contributed by atoms with Crippen LogP contribution in [0.15, 0.2) is 12.7 Å². The van der Waals surface area contributed by atoms with E-state index in [4.69, 9.17) is 5.73 Å². The van der Waals surface area contributed by atoms with Crippen molar-refractivity contribution in [3.05, 3.63) is 12.7 Å². The molecule has 64 valence electrons. The minimum Gasteiger partial charge on any atom is -0.328 e. The second kappa shape index (κ2) is 4.52. The van der Waals surface area contributed by atoms with Gasteiger partial charge in [0.05, 0.1) is 0 Å². The highest BCUT2D eigenvalue weighted by Crippen LogP contribution is 2.07. The average Bonchev–Trinajstić information content (AvgIpc) is 2.04. The van der Waals surface area contributed by atoms with Crippen LogP contribution in [0.4, 0.5) is 0 Å². The molecule has 1 saturated heterocycles. The van der Waals surface area contributed by atoms with Crippen molar-refractivity contribution in [1.82, 2.24) is 4.90 Å². The fourth-order valence-electron chi connectivity index (χ4n) is 1.45. The molecule has 0 amide bonds. The number of hydrogen-bond donors (Lipinski definition) is 1. The minimum absolute atomic E-state index is 0.454. The molecule has 1 rings (SSSR count). The predicted octanol–water partition coefficient (Wildman–Crippen LogP) is 0.986. The van der Waals surface area contributed by atoms with Crippen LogP contribution in [-0.4, -0.2) is 30.6 Å². The van der Waals surface area contributed by atoms with E-state index in [1.54, 1.807) is 0 Å². The maximum absolute atomic E-state index is 5.78. The zero-order valence-corrected chi connectivity index (χ0v) is 7.13. The van der Waals surface area contributed by atoms with E-state index in [1.807, 2.05) is 6.08 Å². The first-order chi connectivity index (χ1) is 5.33. The van der Waals surface area contributed by atoms with Crippen LogP contribution in [0, 0.1) is 0 Å². The summed E-state index contributed by atoms with van der Waals surface area (Å²) in [7, 11) is 0. The van der Waals surface area contributed by atoms with Gasteiger partial charge in [-0.05, 0) is 32.4 Å². The van der Waals surface area contributed by atoms with Gasteiger partial charge in [-0.15, -0.1) is 6.58 Å². The molecular weight excluding hydrogens is 136 g/mol. The maximum Gasteiger partial charge on any atom is 0.00631 e. The van der Waals surface area contributed by atoms with Crippen LogP contribution in [0.25, 0.3) is 0 Å². The van der Waals surface area contributed by atoms with Crippen molar-refractivity contribution in [3.63, 3.8) is 0 Å². The van der Waals surface area contributed by atoms with Crippen LogP contribution in [0.3, 0.4) is 0 Å². The lowest BCUT2D eigenvalue weighted by Gasteiger charge is -2.29. The van der Waals surface area contributed by atoms with Crippen molar-refractivity contribution in [2.75, 3.05) is 19.6 Å². The lowest BCUT2D eigenvalue weighted by Crippen LogP contribution is -2.39. The van der Waals surface area contributed by atoms with Gasteiger partial charge in [0.25, 0.3) is 0 Å². The topological polar surface area (TPSA) is 29.3 Å². The van der Waals surface area contributed by atoms with E-state index in [0.717, 1.165) is 25.8 Å². The Hall–Kier alpha value is -0.340. The highest BCUT2D eigenvalue weighted by atomic mass is 15.1. The third kappa shape index (κ3) is 3.04. The Kier molecular flexibility index (Phi) is 3.60. The van der Waals surface area contributed by atoms with E-state index >= 15 is 0 Å². The van der Waals surface area contributed by atoms with Crippen molar-refractivity contribution < 1.29 is 0 Å². The Morgan fingerprint density at radius 1 is 1.45 bits per heavy atom. The molecular formula is C9H18N2. The van der Waals surface area contributed by atoms with Gasteiger partial charge in [0.2, 0.25) is 0 Å². The van der Waals surface area contributed by atoms with E-state index in [-0.39, 0.29) is 0 Å². The van der Waals surface area contributed by atoms with Gasteiger partial charge in [0.15, 0.2) is 0 Å². The molecule has 0 unspecified atom stereocenters. The quantitative estimate of drug-likeness (QED) is 0.614. The Morgan fingerprint density at radius 3 is 2.64 bits per heavy atom. The fraction of sp³-hybridized carbons (Fsp3) is 0.778. The molecule has 1 heterocycles. The molecule has 2 N–H and O–H groups in total. The second-order valence-electron chi connectivity index (χ2n) is 3.26. The zero-order chi connectivity index (χ0) is 8.10. The molecule has 0 spiro atoms. The third-order valence-electron chi connectivity index (χ3n) is 2.28. The van der Waals surface area contributed by atoms with Crippen molar-refractivity contribution in [2.45, 2.75) is 25.3 Å². The van der Waals surface area contributed by atoms with Gasteiger partial charge in [-0.3, -0.25) is 0 Å². The van der Waals surface area contributed by atoms with Crippen molar-refractivity contribution >= 4 is 0 Å². The summed E-state index contributed by atoms with van der Waals surface area (Å²) in [4.78, 5) is 2.46. The van der Waals surface area contributed by atoms with Crippen LogP contribution in [0.2, 0.25) is 0 Å². The summed E-state index contributed by atoms with van der Waals surface area (Å²) < 4.78 is 0. The van der Waals surface area contributed by atoms with Crippen LogP contribution in [0.1, 0.15) is 19.3 Å². The molecule has 0 aliphatic carbocycles. The fourth-order valence-corrected chi connectivity index (χ4v) is 1.45. The summed E-state index contributed by atoms with van der Waals surface area (Å²) in [6.45, 7) is 7.22. The molecule has 2 heteroatoms. The summed E-state index contributed by atoms with van der Waals surface area (Å²) in [5.41, 5.74) is 5.78. The van der Waals surface area contributed by atoms with E-state index in [0.29, 0.717) is 6.04 Å². The molecule has 11 heavy (non-hydrogen) atoms. The first-order valence-corrected chi connectivity index (χ1v) is 4.42. The lowest BCUT2D eigenvalue weighted by atomic mass is 10.1. The molecule has 0 aromatic carbocycles. The van der Waals surface area contributed by atoms with Gasteiger partial charge < -0.3 is 10.6 Å². The van der Waals surface area contributed by atoms with Crippen LogP contribution in [0.5, 0.6) is 0 Å². The molecule has 0 radical (unpaired) electrons. The first-order valence-electron chi connectivity index (χ1n) is 4.42. The largest absolute Gasteiger partial charge is 0.328 e. The molecule has 0 aromatic rings. The summed E-state index contributed by atoms with van der Waals surface area (Å²) in [5.74, 6) is 0. The van der Waals surface area contributed by atoms with E-state index in [2.05, 4.69) is 11.5 Å². The summed E-state index contributed by atoms with van der Waals surface area (Å²) in [5, 5.41) is 0. The smallest absolute Gasteiger partial charge is 0.00631 e. The van der Waals surface area contributed by atoms with Crippen molar-refractivity contribution in [2.24, 2.45) is 5.73 Å². The zero-order valence-electron chi connectivity index (χ0n) is 7.13. The van der Waals surface area contributed by atoms with Crippen LogP contribution < -0.4 is 5.73 Å². The van der Waals surface area contributed by atoms with Gasteiger partial charge in [0, 0.05) is 12.6 Å². The highest BCUT2D eigenvalue weighted by Gasteiger charge is 2.14. The average molecular weight is 154 g/mol. The Morgan fingerprint density at radius 2 is 2.09 bits per heavy atom. The lowest BCUT2D eigenvalue weighted by molar-refractivity contribution is 0.217. The molecule has 2 nitrogen and oxygen atoms in total. The Labute approximate surface area is 69.1 Å². The molecule has 0 atom stereocenters. The Bertz CT molecular complexity index is 115. The number of piperidine rings is 1. The van der Waals surface area contributed by atoms with E-state index < -0.39 is 0 Å². The van der Waals surface area contributed by atoms with E-state index in [9.17, 15) is 0 Å². The van der Waals surface area contributed by atoms with Gasteiger partial charge in [-0.1, -0.05) is 6.08 Å². The number of nitrogens with zero attached hydrogens (tertiary/aromatic N) is 1. The van der Waals surface area contributed by atoms with Gasteiger partial charge in [-0.25, -0.2) is 0 Å². The normalized spacial score (nSPS) is 21.9. The molecule has 0 aromatic heterocycles. The van der Waals surface area contributed by atoms with Crippen molar-refractivity contribution in [1.29, 1.82) is 0 Å². The third-order valence-corrected chi connectivity index (χ3v) is 2.28. The second-order valence-corrected chi connectivity index (χ2v) is 3.26. The molecule has 1 aliphatic rings. The molecule has 0 saturated carbocycles.